The van der Waals surface area contributed by atoms with Gasteiger partial charge in [0.1, 0.15) is 66.2 Å². The van der Waals surface area contributed by atoms with Gasteiger partial charge in [-0.05, 0) is 105 Å². The number of rotatable bonds is 45. The number of unbranched alkanes of at least 4 members (excludes halogenated alkanes) is 1. The van der Waals surface area contributed by atoms with Crippen LogP contribution in [0.15, 0.2) is 36.8 Å². The molecule has 12 amide bonds. The number of phenols is 1. The number of aliphatic carboxylic acids is 2. The molecule has 536 valence electrons. The lowest BCUT2D eigenvalue weighted by Gasteiger charge is -2.29. The molecule has 2 aromatic rings. The van der Waals surface area contributed by atoms with Crippen LogP contribution in [0.25, 0.3) is 0 Å². The zero-order valence-electron chi connectivity index (χ0n) is 56.4. The Morgan fingerprint density at radius 2 is 0.823 bits per heavy atom. The second-order valence-corrected chi connectivity index (χ2v) is 26.0. The third kappa shape index (κ3) is 31.3. The number of hydrogen-bond donors (Lipinski definition) is 18. The first-order chi connectivity index (χ1) is 44.9. The van der Waals surface area contributed by atoms with Gasteiger partial charge in [-0.3, -0.25) is 62.3 Å². The van der Waals surface area contributed by atoms with Crippen molar-refractivity contribution in [3.63, 3.8) is 0 Å². The molecule has 0 saturated heterocycles. The number of benzene rings is 1. The molecule has 22 N–H and O–H groups in total. The van der Waals surface area contributed by atoms with Gasteiger partial charge in [0, 0.05) is 31.2 Å². The van der Waals surface area contributed by atoms with E-state index < -0.39 is 187 Å². The standard InChI is InChI=1S/C63H102N16O17/c1-31(2)21-39(65)53(85)72-46(26-37-29-68-30-69-37)59(91)73-43(23-33(5)6)57(89)77-47(27-49(66)81)60(92)74-42(22-32(3)4)56(88)70-40(13-11-12-20-64)54(86)71-41(18-19-51(83)84)55(87)76-45(25-36-14-16-38(80)17-15-36)58(90)78-48(28-50(67)82)61(93)75-44(24-34(7)8)62(94)79-52(35(9)10)63(95)96/h14-17,29-35,39-48,52,80H,11-13,18-28,64-65H2,1-10H3,(H2,66,81)(H2,67,82)(H,68,69)(H,70,88)(H,71,86)(H,72,85)(H,73,91)(H,74,92)(H,75,93)(H,76,87)(H,77,89)(H,78,90)(H,79,94)(H,83,84)(H,95,96)/t39-,40-,41-,42-,43-,44-,45-,46-,47-,48-,52-/m0/s1. The SMILES string of the molecule is CC(C)C[C@H](NC(=O)[C@H](CC(N)=O)NC(=O)[C@H](CC(C)C)NC(=O)[C@H](Cc1cnc[nH]1)NC(=O)[C@@H](N)CC(C)C)C(=O)N[C@@H](CCCCN)C(=O)N[C@@H](CCC(=O)O)C(=O)N[C@@H](Cc1ccc(O)cc1)C(=O)N[C@@H](CC(N)=O)C(=O)N[C@@H](CC(C)C)C(=O)N[C@H](C(=O)O)C(C)C. The monoisotopic (exact) mass is 1350 g/mol. The fourth-order valence-electron chi connectivity index (χ4n) is 9.97. The zero-order chi connectivity index (χ0) is 72.7. The summed E-state index contributed by atoms with van der Waals surface area (Å²) in [4.78, 5) is 197. The lowest BCUT2D eigenvalue weighted by molar-refractivity contribution is -0.143. The molecule has 11 atom stereocenters. The van der Waals surface area contributed by atoms with Crippen molar-refractivity contribution in [2.24, 2.45) is 52.5 Å². The third-order valence-electron chi connectivity index (χ3n) is 14.9. The predicted molar refractivity (Wildman–Crippen MR) is 349 cm³/mol. The molecule has 0 fully saturated rings. The molecule has 0 saturated carbocycles. The number of amides is 12. The molecular weight excluding hydrogens is 1250 g/mol. The molecule has 0 aliphatic heterocycles. The molecule has 0 unspecified atom stereocenters. The lowest BCUT2D eigenvalue weighted by atomic mass is 9.99. The van der Waals surface area contributed by atoms with Gasteiger partial charge in [0.05, 0.1) is 25.2 Å². The lowest BCUT2D eigenvalue weighted by Crippen LogP contribution is -2.61. The van der Waals surface area contributed by atoms with Crippen LogP contribution in [0.1, 0.15) is 151 Å². The summed E-state index contributed by atoms with van der Waals surface area (Å²) in [6.07, 6.45) is -0.228. The number of aromatic nitrogens is 2. The number of carboxylic acids is 2. The molecular formula is C63H102N16O17. The number of nitrogens with two attached hydrogens (primary N) is 4. The molecule has 1 aromatic carbocycles. The minimum absolute atomic E-state index is 0.0120. The first-order valence-electron chi connectivity index (χ1n) is 32.2. The normalized spacial score (nSPS) is 14.8. The Bertz CT molecular complexity index is 2940. The molecule has 0 spiro atoms. The highest BCUT2D eigenvalue weighted by Crippen LogP contribution is 2.16. The van der Waals surface area contributed by atoms with Crippen molar-refractivity contribution < 1.29 is 82.4 Å². The van der Waals surface area contributed by atoms with E-state index in [2.05, 4.69) is 63.1 Å². The number of H-pyrrole nitrogens is 1. The molecule has 33 nitrogen and oxygen atoms in total. The van der Waals surface area contributed by atoms with Crippen molar-refractivity contribution in [2.45, 2.75) is 219 Å². The van der Waals surface area contributed by atoms with Crippen LogP contribution in [0.3, 0.4) is 0 Å². The van der Waals surface area contributed by atoms with Gasteiger partial charge in [0.15, 0.2) is 0 Å². The van der Waals surface area contributed by atoms with Crippen molar-refractivity contribution in [1.82, 2.24) is 63.1 Å². The fraction of sp³-hybridized carbons (Fsp3) is 0.635. The molecule has 33 heteroatoms. The highest BCUT2D eigenvalue weighted by atomic mass is 16.4. The highest BCUT2D eigenvalue weighted by molar-refractivity contribution is 6.00. The summed E-state index contributed by atoms with van der Waals surface area (Å²) in [5.74, 6) is -16.3. The summed E-state index contributed by atoms with van der Waals surface area (Å²) in [7, 11) is 0. The maximum absolute atomic E-state index is 14.5. The van der Waals surface area contributed by atoms with Gasteiger partial charge >= 0.3 is 11.9 Å². The van der Waals surface area contributed by atoms with Gasteiger partial charge < -0.3 is 96.4 Å². The second kappa shape index (κ2) is 41.5. The number of aromatic amines is 1. The van der Waals surface area contributed by atoms with Crippen LogP contribution in [0.5, 0.6) is 5.75 Å². The Balaban J connectivity index is 2.57. The first-order valence-corrected chi connectivity index (χ1v) is 32.2. The van der Waals surface area contributed by atoms with Gasteiger partial charge in [-0.15, -0.1) is 0 Å². The minimum Gasteiger partial charge on any atom is -0.508 e. The molecule has 2 rings (SSSR count). The van der Waals surface area contributed by atoms with E-state index in [1.165, 1.54) is 36.8 Å². The van der Waals surface area contributed by atoms with E-state index in [-0.39, 0.29) is 74.5 Å². The number of carbonyl (C=O) groups is 14. The summed E-state index contributed by atoms with van der Waals surface area (Å²) in [5, 5.41) is 54.7. The van der Waals surface area contributed by atoms with Gasteiger partial charge in [0.2, 0.25) is 70.9 Å². The number of aromatic hydroxyl groups is 1. The number of carbonyl (C=O) groups excluding carboxylic acids is 12. The number of phenolic OH excluding ortho intramolecular Hbond substituents is 1. The molecule has 1 heterocycles. The summed E-state index contributed by atoms with van der Waals surface area (Å²) in [6, 6.07) is -11.2. The quantitative estimate of drug-likeness (QED) is 0.0311. The van der Waals surface area contributed by atoms with E-state index in [1.807, 2.05) is 13.8 Å². The Labute approximate surface area is 558 Å². The van der Waals surface area contributed by atoms with E-state index >= 15 is 0 Å². The van der Waals surface area contributed by atoms with Gasteiger partial charge in [-0.25, -0.2) is 9.78 Å². The summed E-state index contributed by atoms with van der Waals surface area (Å²) in [5.41, 5.74) is 23.8. The van der Waals surface area contributed by atoms with E-state index in [1.54, 1.807) is 55.4 Å². The van der Waals surface area contributed by atoms with Crippen molar-refractivity contribution in [1.29, 1.82) is 0 Å². The number of nitrogens with one attached hydrogen (secondary N) is 11. The van der Waals surface area contributed by atoms with Crippen LogP contribution >= 0.6 is 0 Å². The van der Waals surface area contributed by atoms with E-state index in [4.69, 9.17) is 22.9 Å². The van der Waals surface area contributed by atoms with E-state index in [0.717, 1.165) is 0 Å². The Morgan fingerprint density at radius 1 is 0.458 bits per heavy atom. The molecule has 0 bridgehead atoms. The zero-order valence-corrected chi connectivity index (χ0v) is 56.4. The Kier molecular flexibility index (Phi) is 35.8. The van der Waals surface area contributed by atoms with Gasteiger partial charge in [0.25, 0.3) is 0 Å². The summed E-state index contributed by atoms with van der Waals surface area (Å²) >= 11 is 0. The fourth-order valence-corrected chi connectivity index (χ4v) is 9.97. The van der Waals surface area contributed by atoms with Crippen LogP contribution in [-0.2, 0) is 80.0 Å². The largest absolute Gasteiger partial charge is 0.508 e. The van der Waals surface area contributed by atoms with Gasteiger partial charge in [-0.1, -0.05) is 81.4 Å². The van der Waals surface area contributed by atoms with Crippen molar-refractivity contribution in [3.8, 4) is 5.75 Å². The Morgan fingerprint density at radius 3 is 1.21 bits per heavy atom. The van der Waals surface area contributed by atoms with Crippen LogP contribution < -0.4 is 76.1 Å². The average Bonchev–Trinajstić information content (AvgIpc) is 1.15. The molecule has 1 aromatic heterocycles. The number of carboxylic acid groups (broad SMARTS) is 2. The molecule has 0 aliphatic rings. The van der Waals surface area contributed by atoms with Crippen LogP contribution in [0.2, 0.25) is 0 Å². The second-order valence-electron chi connectivity index (χ2n) is 26.0. The highest BCUT2D eigenvalue weighted by Gasteiger charge is 2.38. The first kappa shape index (κ1) is 82.8. The molecule has 96 heavy (non-hydrogen) atoms. The van der Waals surface area contributed by atoms with Crippen molar-refractivity contribution in [2.75, 3.05) is 6.54 Å². The summed E-state index contributed by atoms with van der Waals surface area (Å²) in [6.45, 7) is 17.3. The smallest absolute Gasteiger partial charge is 0.326 e. The molecule has 0 radical (unpaired) electrons. The topological polar surface area (TPSA) is 553 Å². The number of imidazole rings is 1. The van der Waals surface area contributed by atoms with Crippen LogP contribution in [0.4, 0.5) is 0 Å². The van der Waals surface area contributed by atoms with Crippen LogP contribution in [-0.4, -0.2) is 181 Å². The van der Waals surface area contributed by atoms with Crippen molar-refractivity contribution in [3.05, 3.63) is 48.0 Å². The van der Waals surface area contributed by atoms with Crippen molar-refractivity contribution >= 4 is 82.8 Å². The van der Waals surface area contributed by atoms with Crippen LogP contribution in [0, 0.1) is 29.6 Å². The predicted octanol–water partition coefficient (Wildman–Crippen LogP) is -2.25. The molecule has 0 aliphatic carbocycles. The maximum Gasteiger partial charge on any atom is 0.326 e. The summed E-state index contributed by atoms with van der Waals surface area (Å²) < 4.78 is 0. The minimum atomic E-state index is -1.82. The van der Waals surface area contributed by atoms with E-state index in [9.17, 15) is 82.4 Å². The Hall–Kier alpha value is -9.27. The van der Waals surface area contributed by atoms with E-state index in [0.29, 0.717) is 24.1 Å². The maximum atomic E-state index is 14.5. The third-order valence-corrected chi connectivity index (χ3v) is 14.9. The van der Waals surface area contributed by atoms with Gasteiger partial charge in [-0.2, -0.15) is 0 Å². The number of nitrogens with zero attached hydrogens (tertiary/aromatic N) is 1. The number of primary amides is 2. The number of hydrogen-bond acceptors (Lipinski definition) is 18. The average molecular weight is 1360 g/mol.